The van der Waals surface area contributed by atoms with E-state index in [9.17, 15) is 9.18 Å². The van der Waals surface area contributed by atoms with Crippen molar-refractivity contribution >= 4 is 33.8 Å². The Kier molecular flexibility index (Phi) is 4.57. The lowest BCUT2D eigenvalue weighted by Crippen LogP contribution is -2.11. The van der Waals surface area contributed by atoms with Gasteiger partial charge in [0.25, 0.3) is 5.91 Å². The third-order valence-electron chi connectivity index (χ3n) is 3.52. The van der Waals surface area contributed by atoms with Gasteiger partial charge in [-0.05, 0) is 43.3 Å². The minimum atomic E-state index is -0.339. The number of aryl methyl sites for hydroxylation is 1. The van der Waals surface area contributed by atoms with E-state index in [1.807, 2.05) is 42.3 Å². The van der Waals surface area contributed by atoms with Gasteiger partial charge in [-0.25, -0.2) is 9.37 Å². The summed E-state index contributed by atoms with van der Waals surface area (Å²) in [5.74, 6) is -0.585. The van der Waals surface area contributed by atoms with Gasteiger partial charge < -0.3 is 10.2 Å². The lowest BCUT2D eigenvalue weighted by atomic mass is 10.3. The number of halogens is 1. The highest BCUT2D eigenvalue weighted by molar-refractivity contribution is 7.17. The zero-order valence-corrected chi connectivity index (χ0v) is 14.1. The highest BCUT2D eigenvalue weighted by Crippen LogP contribution is 2.30. The van der Waals surface area contributed by atoms with E-state index in [4.69, 9.17) is 0 Å². The Hall–Kier alpha value is -2.73. The number of nitrogens with zero attached hydrogens (tertiary/aromatic N) is 2. The molecule has 0 saturated carbocycles. The van der Waals surface area contributed by atoms with Crippen LogP contribution in [0.3, 0.4) is 0 Å². The van der Waals surface area contributed by atoms with E-state index in [-0.39, 0.29) is 11.7 Å². The third-order valence-corrected chi connectivity index (χ3v) is 4.76. The molecular formula is C18H16FN3OS. The zero-order valence-electron chi connectivity index (χ0n) is 13.3. The molecule has 122 valence electrons. The van der Waals surface area contributed by atoms with Crippen LogP contribution in [0.2, 0.25) is 0 Å². The zero-order chi connectivity index (χ0) is 17.1. The van der Waals surface area contributed by atoms with E-state index in [0.717, 1.165) is 10.8 Å². The van der Waals surface area contributed by atoms with Crippen LogP contribution in [0.1, 0.15) is 15.4 Å². The molecule has 0 aliphatic heterocycles. The predicted octanol–water partition coefficient (Wildman–Crippen LogP) is 4.61. The van der Waals surface area contributed by atoms with Crippen molar-refractivity contribution in [2.75, 3.05) is 17.3 Å². The van der Waals surface area contributed by atoms with Crippen LogP contribution in [0.15, 0.2) is 54.6 Å². The van der Waals surface area contributed by atoms with E-state index >= 15 is 0 Å². The number of anilines is 3. The van der Waals surface area contributed by atoms with Crippen LogP contribution < -0.4 is 10.2 Å². The minimum Gasteiger partial charge on any atom is -0.321 e. The average Bonchev–Trinajstić information content (AvgIpc) is 2.99. The summed E-state index contributed by atoms with van der Waals surface area (Å²) in [7, 11) is 1.91. The molecule has 2 aromatic carbocycles. The van der Waals surface area contributed by atoms with Gasteiger partial charge in [-0.15, -0.1) is 0 Å². The van der Waals surface area contributed by atoms with Gasteiger partial charge in [0, 0.05) is 18.4 Å². The van der Waals surface area contributed by atoms with Crippen molar-refractivity contribution in [1.82, 2.24) is 4.98 Å². The van der Waals surface area contributed by atoms with Crippen molar-refractivity contribution in [3.05, 3.63) is 71.0 Å². The molecule has 4 nitrogen and oxygen atoms in total. The van der Waals surface area contributed by atoms with Gasteiger partial charge >= 0.3 is 0 Å². The summed E-state index contributed by atoms with van der Waals surface area (Å²) in [6, 6.07) is 15.5. The molecule has 1 amide bonds. The molecule has 0 fully saturated rings. The first-order valence-corrected chi connectivity index (χ1v) is 8.19. The summed E-state index contributed by atoms with van der Waals surface area (Å²) in [6.07, 6.45) is 0. The number of carbonyl (C=O) groups is 1. The molecule has 1 aromatic heterocycles. The smallest absolute Gasteiger partial charge is 0.267 e. The normalized spacial score (nSPS) is 10.5. The fraction of sp³-hybridized carbons (Fsp3) is 0.111. The molecule has 1 heterocycles. The van der Waals surface area contributed by atoms with E-state index in [0.29, 0.717) is 16.3 Å². The molecule has 3 rings (SSSR count). The Morgan fingerprint density at radius 2 is 1.79 bits per heavy atom. The summed E-state index contributed by atoms with van der Waals surface area (Å²) in [6.45, 7) is 1.80. The number of benzene rings is 2. The quantitative estimate of drug-likeness (QED) is 0.754. The van der Waals surface area contributed by atoms with E-state index in [1.165, 1.54) is 35.6 Å². The average molecular weight is 341 g/mol. The van der Waals surface area contributed by atoms with Crippen molar-refractivity contribution in [2.45, 2.75) is 6.92 Å². The van der Waals surface area contributed by atoms with Crippen LogP contribution in [0.5, 0.6) is 0 Å². The van der Waals surface area contributed by atoms with E-state index in [2.05, 4.69) is 10.3 Å². The fourth-order valence-electron chi connectivity index (χ4n) is 2.22. The van der Waals surface area contributed by atoms with Gasteiger partial charge in [0.05, 0.1) is 5.69 Å². The lowest BCUT2D eigenvalue weighted by molar-refractivity contribution is 0.103. The molecular weight excluding hydrogens is 325 g/mol. The summed E-state index contributed by atoms with van der Waals surface area (Å²) < 4.78 is 12.9. The minimum absolute atomic E-state index is 0.246. The van der Waals surface area contributed by atoms with E-state index in [1.54, 1.807) is 6.92 Å². The molecule has 3 aromatic rings. The molecule has 24 heavy (non-hydrogen) atoms. The topological polar surface area (TPSA) is 45.2 Å². The number of hydrogen-bond acceptors (Lipinski definition) is 4. The maximum absolute atomic E-state index is 12.9. The second-order valence-corrected chi connectivity index (χ2v) is 6.24. The first-order chi connectivity index (χ1) is 11.5. The standard InChI is InChI=1S/C18H16FN3OS/c1-12-16(17(23)21-14-10-8-13(19)9-11-14)24-18(20-12)22(2)15-6-4-3-5-7-15/h3-11H,1-2H3,(H,21,23). The fourth-order valence-corrected chi connectivity index (χ4v) is 3.16. The highest BCUT2D eigenvalue weighted by Gasteiger charge is 2.18. The number of hydrogen-bond donors (Lipinski definition) is 1. The molecule has 0 radical (unpaired) electrons. The van der Waals surface area contributed by atoms with Crippen LogP contribution in [-0.2, 0) is 0 Å². The van der Waals surface area contributed by atoms with Crippen LogP contribution in [0.4, 0.5) is 20.9 Å². The van der Waals surface area contributed by atoms with Crippen molar-refractivity contribution in [2.24, 2.45) is 0 Å². The number of aromatic nitrogens is 1. The van der Waals surface area contributed by atoms with Gasteiger partial charge in [0.15, 0.2) is 5.13 Å². The maximum Gasteiger partial charge on any atom is 0.267 e. The Balaban J connectivity index is 1.80. The summed E-state index contributed by atoms with van der Waals surface area (Å²) in [4.78, 5) is 19.4. The van der Waals surface area contributed by atoms with Crippen molar-refractivity contribution in [3.63, 3.8) is 0 Å². The second-order valence-electron chi connectivity index (χ2n) is 5.27. The second kappa shape index (κ2) is 6.80. The first-order valence-electron chi connectivity index (χ1n) is 7.38. The van der Waals surface area contributed by atoms with Crippen LogP contribution in [-0.4, -0.2) is 17.9 Å². The van der Waals surface area contributed by atoms with Crippen molar-refractivity contribution in [1.29, 1.82) is 0 Å². The van der Waals surface area contributed by atoms with Gasteiger partial charge in [0.1, 0.15) is 10.7 Å². The van der Waals surface area contributed by atoms with Crippen molar-refractivity contribution in [3.8, 4) is 0 Å². The molecule has 0 bridgehead atoms. The number of nitrogens with one attached hydrogen (secondary N) is 1. The maximum atomic E-state index is 12.9. The van der Waals surface area contributed by atoms with Gasteiger partial charge in [-0.2, -0.15) is 0 Å². The molecule has 0 aliphatic rings. The molecule has 0 aliphatic carbocycles. The Bertz CT molecular complexity index is 846. The molecule has 1 N–H and O–H groups in total. The summed E-state index contributed by atoms with van der Waals surface area (Å²) >= 11 is 1.32. The third kappa shape index (κ3) is 3.44. The monoisotopic (exact) mass is 341 g/mol. The Morgan fingerprint density at radius 1 is 1.12 bits per heavy atom. The van der Waals surface area contributed by atoms with Crippen LogP contribution >= 0.6 is 11.3 Å². The van der Waals surface area contributed by atoms with Gasteiger partial charge in [0.2, 0.25) is 0 Å². The summed E-state index contributed by atoms with van der Waals surface area (Å²) in [5.41, 5.74) is 2.21. The number of amides is 1. The van der Waals surface area contributed by atoms with Crippen LogP contribution in [0.25, 0.3) is 0 Å². The highest BCUT2D eigenvalue weighted by atomic mass is 32.1. The predicted molar refractivity (Wildman–Crippen MR) is 95.7 cm³/mol. The SMILES string of the molecule is Cc1nc(N(C)c2ccccc2)sc1C(=O)Nc1ccc(F)cc1. The Labute approximate surface area is 143 Å². The lowest BCUT2D eigenvalue weighted by Gasteiger charge is -2.15. The van der Waals surface area contributed by atoms with E-state index < -0.39 is 0 Å². The number of para-hydroxylation sites is 1. The van der Waals surface area contributed by atoms with Gasteiger partial charge in [-0.3, -0.25) is 4.79 Å². The van der Waals surface area contributed by atoms with Gasteiger partial charge in [-0.1, -0.05) is 29.5 Å². The Morgan fingerprint density at radius 3 is 2.46 bits per heavy atom. The van der Waals surface area contributed by atoms with Crippen molar-refractivity contribution < 1.29 is 9.18 Å². The largest absolute Gasteiger partial charge is 0.321 e. The van der Waals surface area contributed by atoms with Crippen LogP contribution in [0, 0.1) is 12.7 Å². The molecule has 0 atom stereocenters. The number of carbonyl (C=O) groups excluding carboxylic acids is 1. The summed E-state index contributed by atoms with van der Waals surface area (Å²) in [5, 5.41) is 3.50. The molecule has 6 heteroatoms. The molecule has 0 spiro atoms. The number of thiazole rings is 1. The first kappa shape index (κ1) is 16.1. The molecule has 0 unspecified atom stereocenters. The molecule has 0 saturated heterocycles. The number of rotatable bonds is 4.